The number of halogens is 2. The van der Waals surface area contributed by atoms with Crippen molar-refractivity contribution < 1.29 is 23.4 Å². The van der Waals surface area contributed by atoms with Gasteiger partial charge in [0.05, 0.1) is 0 Å². The molecule has 0 aliphatic rings. The van der Waals surface area contributed by atoms with Crippen molar-refractivity contribution in [2.75, 3.05) is 0 Å². The molecule has 6 heteroatoms. The second kappa shape index (κ2) is 5.16. The highest BCUT2D eigenvalue weighted by atomic mass is 28.2. The van der Waals surface area contributed by atoms with Crippen molar-refractivity contribution in [2.24, 2.45) is 0 Å². The maximum atomic E-state index is 12.7. The van der Waals surface area contributed by atoms with Crippen molar-refractivity contribution in [1.82, 2.24) is 0 Å². The van der Waals surface area contributed by atoms with Gasteiger partial charge in [-0.05, 0) is 23.7 Å². The molecule has 0 aromatic heterocycles. The first-order chi connectivity index (χ1) is 6.59. The van der Waals surface area contributed by atoms with Crippen LogP contribution in [0.25, 0.3) is 0 Å². The standard InChI is InChI=1S/C8H8F2O3Si/c9-6-2-1-5(3-7(6)10)4-14-13-8(11)12/h1-3,8,11-12H,4H2. The molecule has 0 saturated heterocycles. The molecule has 0 saturated carbocycles. The summed E-state index contributed by atoms with van der Waals surface area (Å²) in [7, 11) is -0.206. The van der Waals surface area contributed by atoms with Gasteiger partial charge in [0.2, 0.25) is 9.76 Å². The van der Waals surface area contributed by atoms with Crippen LogP contribution in [-0.4, -0.2) is 26.5 Å². The third-order valence-corrected chi connectivity index (χ3v) is 2.38. The second-order valence-electron chi connectivity index (χ2n) is 2.51. The molecule has 0 fully saturated rings. The molecule has 2 N–H and O–H groups in total. The van der Waals surface area contributed by atoms with E-state index >= 15 is 0 Å². The summed E-state index contributed by atoms with van der Waals surface area (Å²) >= 11 is 0. The fourth-order valence-electron chi connectivity index (χ4n) is 0.849. The van der Waals surface area contributed by atoms with Gasteiger partial charge >= 0.3 is 0 Å². The molecule has 1 rings (SSSR count). The number of hydrogen-bond acceptors (Lipinski definition) is 3. The summed E-state index contributed by atoms with van der Waals surface area (Å²) in [5, 5.41) is 16.7. The Morgan fingerprint density at radius 3 is 2.57 bits per heavy atom. The largest absolute Gasteiger partial charge is 0.372 e. The summed E-state index contributed by atoms with van der Waals surface area (Å²) in [6.07, 6.45) is 0. The van der Waals surface area contributed by atoms with E-state index in [0.29, 0.717) is 11.6 Å². The van der Waals surface area contributed by atoms with E-state index < -0.39 is 18.1 Å². The predicted octanol–water partition coefficient (Wildman–Crippen LogP) is 0.369. The fourth-order valence-corrected chi connectivity index (χ4v) is 1.47. The molecule has 0 aliphatic heterocycles. The Kier molecular flexibility index (Phi) is 4.14. The van der Waals surface area contributed by atoms with Crippen molar-refractivity contribution in [2.45, 2.75) is 12.5 Å². The van der Waals surface area contributed by atoms with Gasteiger partial charge in [-0.2, -0.15) is 0 Å². The SMILES string of the molecule is OC(O)O[Si]Cc1ccc(F)c(F)c1. The zero-order valence-electron chi connectivity index (χ0n) is 7.08. The lowest BCUT2D eigenvalue weighted by Gasteiger charge is -2.04. The minimum atomic E-state index is -1.82. The van der Waals surface area contributed by atoms with Crippen LogP contribution in [0, 0.1) is 11.6 Å². The van der Waals surface area contributed by atoms with Crippen LogP contribution in [0.2, 0.25) is 0 Å². The first-order valence-corrected chi connectivity index (χ1v) is 4.89. The zero-order valence-corrected chi connectivity index (χ0v) is 8.08. The zero-order chi connectivity index (χ0) is 10.6. The average Bonchev–Trinajstić information content (AvgIpc) is 2.10. The molecule has 0 unspecified atom stereocenters. The van der Waals surface area contributed by atoms with Gasteiger partial charge in [-0.15, -0.1) is 0 Å². The Morgan fingerprint density at radius 2 is 2.00 bits per heavy atom. The van der Waals surface area contributed by atoms with E-state index in [4.69, 9.17) is 10.2 Å². The number of aliphatic hydroxyl groups excluding tert-OH is 1. The molecule has 2 radical (unpaired) electrons. The molecule has 0 aliphatic carbocycles. The van der Waals surface area contributed by atoms with Crippen LogP contribution < -0.4 is 0 Å². The van der Waals surface area contributed by atoms with Gasteiger partial charge in [0, 0.05) is 0 Å². The normalized spacial score (nSPS) is 10.9. The number of benzene rings is 1. The van der Waals surface area contributed by atoms with Gasteiger partial charge < -0.3 is 14.6 Å². The average molecular weight is 218 g/mol. The summed E-state index contributed by atoms with van der Waals surface area (Å²) in [5.41, 5.74) is 0.544. The number of hydrogen-bond donors (Lipinski definition) is 2. The number of aliphatic hydroxyl groups is 2. The highest BCUT2D eigenvalue weighted by Gasteiger charge is 2.04. The molecular weight excluding hydrogens is 210 g/mol. The van der Waals surface area contributed by atoms with Crippen LogP contribution in [0.1, 0.15) is 5.56 Å². The molecule has 0 amide bonds. The van der Waals surface area contributed by atoms with Crippen LogP contribution in [0.3, 0.4) is 0 Å². The van der Waals surface area contributed by atoms with Gasteiger partial charge in [0.1, 0.15) is 0 Å². The molecule has 0 atom stereocenters. The smallest absolute Gasteiger partial charge is 0.256 e. The highest BCUT2D eigenvalue weighted by Crippen LogP contribution is 2.08. The van der Waals surface area contributed by atoms with Crippen molar-refractivity contribution >= 4 is 9.76 Å². The minimum Gasteiger partial charge on any atom is -0.372 e. The van der Waals surface area contributed by atoms with Gasteiger partial charge in [0.25, 0.3) is 6.48 Å². The molecular formula is C8H8F2O3Si. The topological polar surface area (TPSA) is 49.7 Å². The number of rotatable bonds is 4. The lowest BCUT2D eigenvalue weighted by atomic mass is 10.2. The first kappa shape index (κ1) is 11.3. The van der Waals surface area contributed by atoms with Crippen LogP contribution in [0.5, 0.6) is 0 Å². The highest BCUT2D eigenvalue weighted by molar-refractivity contribution is 6.26. The summed E-state index contributed by atoms with van der Waals surface area (Å²) in [6, 6.07) is 3.80. The fraction of sp³-hybridized carbons (Fsp3) is 0.250. The van der Waals surface area contributed by atoms with E-state index in [0.717, 1.165) is 12.1 Å². The van der Waals surface area contributed by atoms with Gasteiger partial charge in [0.15, 0.2) is 11.6 Å². The second-order valence-corrected chi connectivity index (χ2v) is 3.39. The Labute approximate surface area is 81.9 Å². The predicted molar refractivity (Wildman–Crippen MR) is 45.1 cm³/mol. The Hall–Kier alpha value is -0.823. The molecule has 1 aromatic rings. The van der Waals surface area contributed by atoms with E-state index in [2.05, 4.69) is 4.43 Å². The van der Waals surface area contributed by atoms with Crippen molar-refractivity contribution in [1.29, 1.82) is 0 Å². The van der Waals surface area contributed by atoms with Crippen molar-refractivity contribution in [3.8, 4) is 0 Å². The van der Waals surface area contributed by atoms with E-state index in [1.807, 2.05) is 0 Å². The maximum absolute atomic E-state index is 12.7. The lowest BCUT2D eigenvalue weighted by Crippen LogP contribution is -2.15. The molecule has 0 spiro atoms. The Bertz CT molecular complexity index is 307. The minimum absolute atomic E-state index is 0.206. The third kappa shape index (κ3) is 3.50. The lowest BCUT2D eigenvalue weighted by molar-refractivity contribution is -0.180. The van der Waals surface area contributed by atoms with Crippen molar-refractivity contribution in [3.05, 3.63) is 35.4 Å². The Morgan fingerprint density at radius 1 is 1.29 bits per heavy atom. The third-order valence-electron chi connectivity index (χ3n) is 1.45. The summed E-state index contributed by atoms with van der Waals surface area (Å²) in [5.74, 6) is -1.82. The van der Waals surface area contributed by atoms with Crippen LogP contribution in [-0.2, 0) is 10.5 Å². The van der Waals surface area contributed by atoms with Gasteiger partial charge in [-0.25, -0.2) is 8.78 Å². The summed E-state index contributed by atoms with van der Waals surface area (Å²) < 4.78 is 29.6. The molecule has 0 heterocycles. The molecule has 0 bridgehead atoms. The van der Waals surface area contributed by atoms with E-state index in [1.54, 1.807) is 0 Å². The van der Waals surface area contributed by atoms with Crippen molar-refractivity contribution in [3.63, 3.8) is 0 Å². The van der Waals surface area contributed by atoms with E-state index in [9.17, 15) is 8.78 Å². The van der Waals surface area contributed by atoms with E-state index in [-0.39, 0.29) is 9.76 Å². The van der Waals surface area contributed by atoms with Crippen LogP contribution in [0.4, 0.5) is 8.78 Å². The molecule has 76 valence electrons. The van der Waals surface area contributed by atoms with Gasteiger partial charge in [-0.3, -0.25) is 0 Å². The van der Waals surface area contributed by atoms with Crippen LogP contribution >= 0.6 is 0 Å². The molecule has 14 heavy (non-hydrogen) atoms. The quantitative estimate of drug-likeness (QED) is 0.567. The molecule has 1 aromatic carbocycles. The monoisotopic (exact) mass is 218 g/mol. The van der Waals surface area contributed by atoms with Crippen LogP contribution in [0.15, 0.2) is 18.2 Å². The maximum Gasteiger partial charge on any atom is 0.256 e. The summed E-state index contributed by atoms with van der Waals surface area (Å²) in [4.78, 5) is 0. The summed E-state index contributed by atoms with van der Waals surface area (Å²) in [6.45, 7) is -1.82. The Balaban J connectivity index is 2.47. The first-order valence-electron chi connectivity index (χ1n) is 3.78. The van der Waals surface area contributed by atoms with E-state index in [1.165, 1.54) is 6.07 Å². The molecule has 3 nitrogen and oxygen atoms in total. The van der Waals surface area contributed by atoms with Gasteiger partial charge in [-0.1, -0.05) is 6.07 Å².